The second kappa shape index (κ2) is 6.18. The summed E-state index contributed by atoms with van der Waals surface area (Å²) in [6.45, 7) is 4.09. The smallest absolute Gasteiger partial charge is 0.318 e. The number of nitrogens with zero attached hydrogens (tertiary/aromatic N) is 7. The number of nitriles is 1. The molecule has 0 spiro atoms. The van der Waals surface area contributed by atoms with Crippen molar-refractivity contribution in [3.05, 3.63) is 34.4 Å². The van der Waals surface area contributed by atoms with Crippen molar-refractivity contribution in [2.45, 2.75) is 33.0 Å². The first kappa shape index (κ1) is 15.6. The monoisotopic (exact) mass is 356 g/mol. The van der Waals surface area contributed by atoms with Crippen LogP contribution in [0.25, 0.3) is 4.96 Å². The Kier molecular flexibility index (Phi) is 3.85. The van der Waals surface area contributed by atoms with Crippen LogP contribution in [0.1, 0.15) is 28.5 Å². The van der Waals surface area contributed by atoms with E-state index in [4.69, 9.17) is 5.26 Å². The molecule has 0 fully saturated rings. The lowest BCUT2D eigenvalue weighted by molar-refractivity contribution is 0.195. The summed E-state index contributed by atoms with van der Waals surface area (Å²) in [5, 5.41) is 21.4. The fourth-order valence-electron chi connectivity index (χ4n) is 2.90. The Balaban J connectivity index is 1.41. The highest BCUT2D eigenvalue weighted by atomic mass is 32.1. The average molecular weight is 356 g/mol. The zero-order valence-corrected chi connectivity index (χ0v) is 14.5. The molecular weight excluding hydrogens is 340 g/mol. The Morgan fingerprint density at radius 2 is 2.32 bits per heavy atom. The van der Waals surface area contributed by atoms with E-state index in [1.807, 2.05) is 23.9 Å². The van der Waals surface area contributed by atoms with E-state index >= 15 is 0 Å². The molecule has 4 heterocycles. The zero-order chi connectivity index (χ0) is 17.4. The number of aromatic nitrogens is 5. The largest absolute Gasteiger partial charge is 0.332 e. The molecule has 0 atom stereocenters. The van der Waals surface area contributed by atoms with Crippen LogP contribution < -0.4 is 5.32 Å². The molecule has 1 aliphatic rings. The maximum absolute atomic E-state index is 12.5. The molecule has 0 saturated heterocycles. The molecule has 1 N–H and O–H groups in total. The number of rotatable bonds is 2. The molecular formula is C15H16N8OS. The van der Waals surface area contributed by atoms with Crippen LogP contribution in [-0.4, -0.2) is 41.9 Å². The minimum Gasteiger partial charge on any atom is -0.332 e. The number of urea groups is 1. The molecule has 25 heavy (non-hydrogen) atoms. The first-order valence-corrected chi connectivity index (χ1v) is 8.75. The van der Waals surface area contributed by atoms with E-state index in [-0.39, 0.29) is 6.03 Å². The molecule has 9 nitrogen and oxygen atoms in total. The van der Waals surface area contributed by atoms with Crippen molar-refractivity contribution in [3.63, 3.8) is 0 Å². The molecule has 1 aliphatic heterocycles. The number of amides is 2. The molecule has 2 amide bonds. The first-order chi connectivity index (χ1) is 12.1. The van der Waals surface area contributed by atoms with Gasteiger partial charge in [0.2, 0.25) is 4.96 Å². The third-order valence-corrected chi connectivity index (χ3v) is 4.87. The van der Waals surface area contributed by atoms with Gasteiger partial charge in [-0.3, -0.25) is 4.68 Å². The van der Waals surface area contributed by atoms with Crippen molar-refractivity contribution in [3.8, 4) is 6.07 Å². The second-order valence-electron chi connectivity index (χ2n) is 5.87. The van der Waals surface area contributed by atoms with E-state index in [9.17, 15) is 4.79 Å². The third kappa shape index (κ3) is 3.06. The number of hydrogen-bond acceptors (Lipinski definition) is 6. The lowest BCUT2D eigenvalue weighted by Crippen LogP contribution is -2.39. The molecule has 128 valence electrons. The maximum Gasteiger partial charge on any atom is 0.318 e. The highest BCUT2D eigenvalue weighted by Gasteiger charge is 2.20. The highest BCUT2D eigenvalue weighted by Crippen LogP contribution is 2.15. The van der Waals surface area contributed by atoms with E-state index in [1.54, 1.807) is 15.5 Å². The van der Waals surface area contributed by atoms with E-state index in [0.717, 1.165) is 27.8 Å². The Morgan fingerprint density at radius 1 is 1.44 bits per heavy atom. The summed E-state index contributed by atoms with van der Waals surface area (Å²) in [6, 6.07) is 3.64. The summed E-state index contributed by atoms with van der Waals surface area (Å²) in [6.07, 6.45) is 2.63. The minimum absolute atomic E-state index is 0.145. The lowest BCUT2D eigenvalue weighted by atomic mass is 10.3. The Hall–Kier alpha value is -2.93. The predicted molar refractivity (Wildman–Crippen MR) is 89.8 cm³/mol. The van der Waals surface area contributed by atoms with Gasteiger partial charge < -0.3 is 10.2 Å². The van der Waals surface area contributed by atoms with E-state index in [2.05, 4.69) is 20.5 Å². The van der Waals surface area contributed by atoms with Crippen LogP contribution in [-0.2, 0) is 19.6 Å². The van der Waals surface area contributed by atoms with Gasteiger partial charge in [0.05, 0.1) is 30.7 Å². The van der Waals surface area contributed by atoms with Crippen LogP contribution in [0.2, 0.25) is 0 Å². The van der Waals surface area contributed by atoms with Gasteiger partial charge in [-0.2, -0.15) is 15.5 Å². The third-order valence-electron chi connectivity index (χ3n) is 4.03. The van der Waals surface area contributed by atoms with Crippen LogP contribution >= 0.6 is 11.3 Å². The quantitative estimate of drug-likeness (QED) is 0.745. The number of carbonyl (C=O) groups excluding carboxylic acids is 1. The maximum atomic E-state index is 12.5. The van der Waals surface area contributed by atoms with Crippen molar-refractivity contribution in [1.29, 1.82) is 5.26 Å². The normalized spacial score (nSPS) is 14.2. The van der Waals surface area contributed by atoms with Crippen molar-refractivity contribution in [1.82, 2.24) is 34.6 Å². The summed E-state index contributed by atoms with van der Waals surface area (Å²) >= 11 is 1.52. The molecule has 4 rings (SSSR count). The molecule has 0 bridgehead atoms. The van der Waals surface area contributed by atoms with E-state index in [0.29, 0.717) is 31.9 Å². The van der Waals surface area contributed by atoms with Crippen molar-refractivity contribution in [2.24, 2.45) is 0 Å². The van der Waals surface area contributed by atoms with Gasteiger partial charge in [0.1, 0.15) is 11.1 Å². The van der Waals surface area contributed by atoms with Crippen LogP contribution in [0.5, 0.6) is 0 Å². The molecule has 0 aromatic carbocycles. The topological polar surface area (TPSA) is 104 Å². The highest BCUT2D eigenvalue weighted by molar-refractivity contribution is 7.16. The van der Waals surface area contributed by atoms with Crippen LogP contribution in [0.3, 0.4) is 0 Å². The molecule has 0 unspecified atom stereocenters. The van der Waals surface area contributed by atoms with E-state index < -0.39 is 0 Å². The minimum atomic E-state index is -0.145. The van der Waals surface area contributed by atoms with Crippen LogP contribution in [0.4, 0.5) is 4.79 Å². The van der Waals surface area contributed by atoms with E-state index in [1.165, 1.54) is 11.3 Å². The molecule has 3 aromatic heterocycles. The van der Waals surface area contributed by atoms with Gasteiger partial charge in [-0.05, 0) is 19.4 Å². The van der Waals surface area contributed by atoms with Gasteiger partial charge in [-0.15, -0.1) is 0 Å². The zero-order valence-electron chi connectivity index (χ0n) is 13.6. The van der Waals surface area contributed by atoms with Gasteiger partial charge in [0.15, 0.2) is 5.69 Å². The summed E-state index contributed by atoms with van der Waals surface area (Å²) in [5.74, 6) is 0. The lowest BCUT2D eigenvalue weighted by Gasteiger charge is -2.20. The Labute approximate surface area is 147 Å². The Bertz CT molecular complexity index is 946. The number of aryl methyl sites for hydroxylation is 2. The number of imidazole rings is 1. The van der Waals surface area contributed by atoms with Crippen molar-refractivity contribution < 1.29 is 4.79 Å². The van der Waals surface area contributed by atoms with Crippen molar-refractivity contribution in [2.75, 3.05) is 6.54 Å². The van der Waals surface area contributed by atoms with Gasteiger partial charge in [-0.1, -0.05) is 11.3 Å². The van der Waals surface area contributed by atoms with Gasteiger partial charge in [0, 0.05) is 13.1 Å². The molecule has 3 aromatic rings. The second-order valence-corrected chi connectivity index (χ2v) is 7.03. The number of hydrogen-bond donors (Lipinski definition) is 1. The standard InChI is InChI=1S/C15H16N8OS/c1-10-19-23-8-12(18-15(23)25-10)7-17-14(24)21-3-2-4-22-13(9-21)5-11(6-16)20-22/h5,8H,2-4,7,9H2,1H3,(H,17,24). The van der Waals surface area contributed by atoms with Gasteiger partial charge >= 0.3 is 6.03 Å². The Morgan fingerprint density at radius 3 is 3.12 bits per heavy atom. The number of carbonyl (C=O) groups is 1. The summed E-state index contributed by atoms with van der Waals surface area (Å²) in [4.78, 5) is 19.5. The first-order valence-electron chi connectivity index (χ1n) is 7.93. The average Bonchev–Trinajstić information content (AvgIpc) is 3.20. The molecule has 0 aliphatic carbocycles. The molecule has 0 radical (unpaired) electrons. The van der Waals surface area contributed by atoms with Gasteiger partial charge in [0.25, 0.3) is 0 Å². The summed E-state index contributed by atoms with van der Waals surface area (Å²) in [7, 11) is 0. The summed E-state index contributed by atoms with van der Waals surface area (Å²) in [5.41, 5.74) is 2.04. The summed E-state index contributed by atoms with van der Waals surface area (Å²) < 4.78 is 3.54. The number of fused-ring (bicyclic) bond motifs is 2. The SMILES string of the molecule is Cc1nn2cc(CNC(=O)N3CCCn4nc(C#N)cc4C3)nc2s1. The molecule has 10 heteroatoms. The fraction of sp³-hybridized carbons (Fsp3) is 0.400. The fourth-order valence-corrected chi connectivity index (χ4v) is 3.64. The van der Waals surface area contributed by atoms with Crippen LogP contribution in [0.15, 0.2) is 12.3 Å². The van der Waals surface area contributed by atoms with Gasteiger partial charge in [-0.25, -0.2) is 14.3 Å². The number of nitrogens with one attached hydrogen (secondary N) is 1. The van der Waals surface area contributed by atoms with Crippen molar-refractivity contribution >= 4 is 22.3 Å². The van der Waals surface area contributed by atoms with Crippen LogP contribution in [0, 0.1) is 18.3 Å². The molecule has 0 saturated carbocycles. The predicted octanol–water partition coefficient (Wildman–Crippen LogP) is 1.28.